The quantitative estimate of drug-likeness (QED) is 0.596. The molecule has 0 spiro atoms. The maximum absolute atomic E-state index is 11.9. The molecule has 2 aromatic rings. The van der Waals surface area contributed by atoms with Crippen LogP contribution in [0.15, 0.2) is 59.6 Å². The van der Waals surface area contributed by atoms with Crippen molar-refractivity contribution >= 4 is 17.8 Å². The van der Waals surface area contributed by atoms with E-state index in [1.807, 2.05) is 30.3 Å². The molecule has 0 saturated heterocycles. The first kappa shape index (κ1) is 18.2. The molecule has 2 rings (SSSR count). The molecule has 0 aromatic heterocycles. The summed E-state index contributed by atoms with van der Waals surface area (Å²) in [4.78, 5) is 27.5. The van der Waals surface area contributed by atoms with E-state index in [1.165, 1.54) is 7.11 Å². The summed E-state index contributed by atoms with van der Waals surface area (Å²) in [5, 5.41) is 0. The van der Waals surface area contributed by atoms with Gasteiger partial charge in [-0.2, -0.15) is 4.99 Å². The fraction of sp³-hybridized carbons (Fsp3) is 0.211. The lowest BCUT2D eigenvalue weighted by atomic mass is 10.1. The van der Waals surface area contributed by atoms with E-state index in [0.717, 1.165) is 11.1 Å². The van der Waals surface area contributed by atoms with Gasteiger partial charge in [0.05, 0.1) is 14.2 Å². The molecule has 25 heavy (non-hydrogen) atoms. The molecule has 0 saturated carbocycles. The van der Waals surface area contributed by atoms with Crippen LogP contribution in [0.1, 0.15) is 11.1 Å². The zero-order chi connectivity index (χ0) is 18.1. The number of methoxy groups -OCH3 is 2. The Morgan fingerprint density at radius 2 is 1.60 bits per heavy atom. The zero-order valence-corrected chi connectivity index (χ0v) is 14.1. The average molecular weight is 341 g/mol. The minimum absolute atomic E-state index is 0.0225. The predicted molar refractivity (Wildman–Crippen MR) is 92.8 cm³/mol. The van der Waals surface area contributed by atoms with E-state index < -0.39 is 12.1 Å². The van der Waals surface area contributed by atoms with Crippen molar-refractivity contribution in [3.8, 4) is 5.75 Å². The zero-order valence-electron chi connectivity index (χ0n) is 14.1. The lowest BCUT2D eigenvalue weighted by molar-refractivity contribution is -0.132. The van der Waals surface area contributed by atoms with Gasteiger partial charge in [0, 0.05) is 6.42 Å². The molecule has 130 valence electrons. The highest BCUT2D eigenvalue weighted by Gasteiger charge is 2.15. The summed E-state index contributed by atoms with van der Waals surface area (Å²) < 4.78 is 14.8. The topological polar surface area (TPSA) is 74.2 Å². The highest BCUT2D eigenvalue weighted by Crippen LogP contribution is 2.12. The first-order valence-corrected chi connectivity index (χ1v) is 7.62. The van der Waals surface area contributed by atoms with Crippen molar-refractivity contribution in [3.05, 3.63) is 65.7 Å². The van der Waals surface area contributed by atoms with Crippen molar-refractivity contribution in [2.45, 2.75) is 13.0 Å². The third-order valence-electron chi connectivity index (χ3n) is 3.38. The Kier molecular flexibility index (Phi) is 6.71. The number of amides is 1. The maximum atomic E-state index is 11.9. The van der Waals surface area contributed by atoms with Crippen molar-refractivity contribution in [2.24, 2.45) is 4.99 Å². The summed E-state index contributed by atoms with van der Waals surface area (Å²) in [5.41, 5.74) is 1.60. The normalized spacial score (nSPS) is 10.9. The van der Waals surface area contributed by atoms with E-state index >= 15 is 0 Å². The van der Waals surface area contributed by atoms with Crippen molar-refractivity contribution in [1.29, 1.82) is 0 Å². The molecule has 0 aliphatic rings. The molecule has 2 aromatic carbocycles. The van der Waals surface area contributed by atoms with Gasteiger partial charge in [-0.1, -0.05) is 42.5 Å². The van der Waals surface area contributed by atoms with Gasteiger partial charge >= 0.3 is 12.1 Å². The number of hydrogen-bond donors (Lipinski definition) is 0. The van der Waals surface area contributed by atoms with Crippen molar-refractivity contribution in [2.75, 3.05) is 14.2 Å². The molecule has 0 fully saturated rings. The predicted octanol–water partition coefficient (Wildman–Crippen LogP) is 3.19. The van der Waals surface area contributed by atoms with Crippen LogP contribution in [0, 0.1) is 0 Å². The highest BCUT2D eigenvalue weighted by molar-refractivity contribution is 6.38. The summed E-state index contributed by atoms with van der Waals surface area (Å²) >= 11 is 0. The number of carbonyl (C=O) groups is 2. The molecule has 0 unspecified atom stereocenters. The summed E-state index contributed by atoms with van der Waals surface area (Å²) in [6, 6.07) is 16.3. The molecular formula is C19H19NO5. The molecule has 0 aliphatic carbocycles. The Hall–Kier alpha value is -3.15. The summed E-state index contributed by atoms with van der Waals surface area (Å²) in [5.74, 6) is 0.0232. The van der Waals surface area contributed by atoms with Gasteiger partial charge in [-0.15, -0.1) is 0 Å². The number of rotatable bonds is 6. The number of esters is 1. The van der Waals surface area contributed by atoms with Crippen LogP contribution in [0.2, 0.25) is 0 Å². The van der Waals surface area contributed by atoms with Gasteiger partial charge in [0.2, 0.25) is 0 Å². The molecule has 1 amide bonds. The van der Waals surface area contributed by atoms with Crippen LogP contribution < -0.4 is 4.74 Å². The van der Waals surface area contributed by atoms with Gasteiger partial charge in [-0.25, -0.2) is 9.59 Å². The van der Waals surface area contributed by atoms with Crippen molar-refractivity contribution < 1.29 is 23.8 Å². The van der Waals surface area contributed by atoms with Gasteiger partial charge in [-0.3, -0.25) is 0 Å². The van der Waals surface area contributed by atoms with Crippen LogP contribution in [0.3, 0.4) is 0 Å². The van der Waals surface area contributed by atoms with E-state index in [1.54, 1.807) is 31.4 Å². The maximum Gasteiger partial charge on any atom is 0.434 e. The van der Waals surface area contributed by atoms with E-state index in [4.69, 9.17) is 14.2 Å². The standard InChI is InChI=1S/C19H19NO5/c1-23-16-10-8-14(9-11-16)12-17(18(21)24-2)20-19(22)25-13-15-6-4-3-5-7-15/h3-11H,12-13H2,1-2H3. The van der Waals surface area contributed by atoms with E-state index in [-0.39, 0.29) is 18.7 Å². The molecule has 0 bridgehead atoms. The van der Waals surface area contributed by atoms with E-state index in [9.17, 15) is 9.59 Å². The van der Waals surface area contributed by atoms with Crippen LogP contribution in [-0.2, 0) is 27.3 Å². The molecule has 0 radical (unpaired) electrons. The molecular weight excluding hydrogens is 322 g/mol. The summed E-state index contributed by atoms with van der Waals surface area (Å²) in [6.45, 7) is 0.0835. The number of carbonyl (C=O) groups excluding carboxylic acids is 2. The van der Waals surface area contributed by atoms with Crippen LogP contribution >= 0.6 is 0 Å². The number of ether oxygens (including phenoxy) is 3. The minimum Gasteiger partial charge on any atom is -0.497 e. The number of hydrogen-bond acceptors (Lipinski definition) is 5. The van der Waals surface area contributed by atoms with Gasteiger partial charge in [0.1, 0.15) is 18.1 Å². The Morgan fingerprint density at radius 3 is 2.20 bits per heavy atom. The summed E-state index contributed by atoms with van der Waals surface area (Å²) in [6.07, 6.45) is -0.685. The lowest BCUT2D eigenvalue weighted by Gasteiger charge is -2.06. The molecule has 0 N–H and O–H groups in total. The van der Waals surface area contributed by atoms with Crippen LogP contribution in [0.5, 0.6) is 5.75 Å². The molecule has 0 heterocycles. The Balaban J connectivity index is 2.05. The van der Waals surface area contributed by atoms with Gasteiger partial charge in [0.25, 0.3) is 0 Å². The Labute approximate surface area is 146 Å². The summed E-state index contributed by atoms with van der Waals surface area (Å²) in [7, 11) is 2.81. The average Bonchev–Trinajstić information content (AvgIpc) is 2.66. The van der Waals surface area contributed by atoms with Crippen LogP contribution in [0.25, 0.3) is 0 Å². The third kappa shape index (κ3) is 5.76. The molecule has 6 heteroatoms. The lowest BCUT2D eigenvalue weighted by Crippen LogP contribution is -2.20. The monoisotopic (exact) mass is 341 g/mol. The SMILES string of the molecule is COC(=O)C(Cc1ccc(OC)cc1)=NC(=O)OCc1ccccc1. The number of benzene rings is 2. The van der Waals surface area contributed by atoms with Crippen molar-refractivity contribution in [3.63, 3.8) is 0 Å². The van der Waals surface area contributed by atoms with E-state index in [0.29, 0.717) is 5.75 Å². The number of aliphatic imine (C=N–C) groups is 1. The smallest absolute Gasteiger partial charge is 0.434 e. The second kappa shape index (κ2) is 9.22. The highest BCUT2D eigenvalue weighted by atomic mass is 16.5. The first-order valence-electron chi connectivity index (χ1n) is 7.62. The Morgan fingerprint density at radius 1 is 0.920 bits per heavy atom. The molecule has 6 nitrogen and oxygen atoms in total. The molecule has 0 atom stereocenters. The Bertz CT molecular complexity index is 738. The third-order valence-corrected chi connectivity index (χ3v) is 3.38. The van der Waals surface area contributed by atoms with E-state index in [2.05, 4.69) is 4.99 Å². The van der Waals surface area contributed by atoms with Crippen LogP contribution in [-0.4, -0.2) is 32.0 Å². The van der Waals surface area contributed by atoms with Gasteiger partial charge in [0.15, 0.2) is 0 Å². The molecule has 0 aliphatic heterocycles. The second-order valence-corrected chi connectivity index (χ2v) is 5.12. The van der Waals surface area contributed by atoms with Crippen molar-refractivity contribution in [1.82, 2.24) is 0 Å². The fourth-order valence-electron chi connectivity index (χ4n) is 2.07. The fourth-order valence-corrected chi connectivity index (χ4v) is 2.07. The van der Waals surface area contributed by atoms with Gasteiger partial charge < -0.3 is 14.2 Å². The van der Waals surface area contributed by atoms with Gasteiger partial charge in [-0.05, 0) is 23.3 Å². The number of nitrogens with zero attached hydrogens (tertiary/aromatic N) is 1. The second-order valence-electron chi connectivity index (χ2n) is 5.12. The largest absolute Gasteiger partial charge is 0.497 e. The minimum atomic E-state index is -0.835. The van der Waals surface area contributed by atoms with Crippen LogP contribution in [0.4, 0.5) is 4.79 Å². The first-order chi connectivity index (χ1) is 12.1.